The van der Waals surface area contributed by atoms with Crippen molar-refractivity contribution in [1.29, 1.82) is 0 Å². The van der Waals surface area contributed by atoms with Crippen LogP contribution in [0.25, 0.3) is 0 Å². The predicted octanol–water partition coefficient (Wildman–Crippen LogP) is 1.25. The van der Waals surface area contributed by atoms with Crippen LogP contribution in [0.1, 0.15) is 32.9 Å². The van der Waals surface area contributed by atoms with Crippen LogP contribution in [0.5, 0.6) is 0 Å². The van der Waals surface area contributed by atoms with Crippen molar-refractivity contribution >= 4 is 5.91 Å². The first-order chi connectivity index (χ1) is 8.29. The third kappa shape index (κ3) is 4.87. The second-order valence-electron chi connectivity index (χ2n) is 5.72. The molecule has 1 aromatic heterocycles. The molecule has 0 aliphatic heterocycles. The molecule has 102 valence electrons. The summed E-state index contributed by atoms with van der Waals surface area (Å²) in [5.41, 5.74) is 1.19. The van der Waals surface area contributed by atoms with E-state index in [1.165, 1.54) is 0 Å². The Labute approximate surface area is 109 Å². The first kappa shape index (κ1) is 14.7. The Hall–Kier alpha value is -1.36. The molecule has 0 saturated heterocycles. The maximum absolute atomic E-state index is 11.5. The quantitative estimate of drug-likeness (QED) is 0.858. The molecule has 1 N–H and O–H groups in total. The molecule has 0 unspecified atom stereocenters. The largest absolute Gasteiger partial charge is 0.349 e. The first-order valence-corrected chi connectivity index (χ1v) is 6.24. The molecule has 0 aliphatic carbocycles. The first-order valence-electron chi connectivity index (χ1n) is 6.24. The summed E-state index contributed by atoms with van der Waals surface area (Å²) in [7, 11) is 3.55. The summed E-state index contributed by atoms with van der Waals surface area (Å²) in [6, 6.07) is 0. The van der Waals surface area contributed by atoms with Gasteiger partial charge in [-0.3, -0.25) is 4.79 Å². The Bertz CT molecular complexity index is 390. The lowest BCUT2D eigenvalue weighted by Gasteiger charge is -2.21. The lowest BCUT2D eigenvalue weighted by atomic mass is 10.1. The molecule has 0 aliphatic rings. The number of aryl methyl sites for hydroxylation is 1. The van der Waals surface area contributed by atoms with Crippen LogP contribution in [-0.4, -0.2) is 40.0 Å². The zero-order valence-corrected chi connectivity index (χ0v) is 12.0. The number of hydrogen-bond donors (Lipinski definition) is 1. The van der Waals surface area contributed by atoms with E-state index in [4.69, 9.17) is 0 Å². The number of nitrogens with one attached hydrogen (secondary N) is 1. The molecule has 0 spiro atoms. The summed E-state index contributed by atoms with van der Waals surface area (Å²) in [5, 5.41) is 3.42. The van der Waals surface area contributed by atoms with Crippen LogP contribution >= 0.6 is 0 Å². The fourth-order valence-corrected chi connectivity index (χ4v) is 1.49. The Morgan fingerprint density at radius 1 is 1.44 bits per heavy atom. The van der Waals surface area contributed by atoms with Gasteiger partial charge in [-0.25, -0.2) is 4.98 Å². The van der Waals surface area contributed by atoms with Crippen LogP contribution in [0.3, 0.4) is 0 Å². The molecule has 1 aromatic rings. The highest BCUT2D eigenvalue weighted by Crippen LogP contribution is 2.05. The zero-order chi connectivity index (χ0) is 13.8. The lowest BCUT2D eigenvalue weighted by molar-refractivity contribution is -0.128. The van der Waals surface area contributed by atoms with Crippen LogP contribution in [0.4, 0.5) is 0 Å². The molecule has 1 amide bonds. The van der Waals surface area contributed by atoms with Gasteiger partial charge in [-0.15, -0.1) is 0 Å². The van der Waals surface area contributed by atoms with Gasteiger partial charge in [-0.05, 0) is 20.8 Å². The number of hydrogen-bond acceptors (Lipinski definition) is 3. The number of carbonyl (C=O) groups excluding carboxylic acids is 1. The van der Waals surface area contributed by atoms with Gasteiger partial charge in [-0.1, -0.05) is 0 Å². The van der Waals surface area contributed by atoms with Gasteiger partial charge >= 0.3 is 0 Å². The van der Waals surface area contributed by atoms with Crippen LogP contribution < -0.4 is 5.32 Å². The highest BCUT2D eigenvalue weighted by Gasteiger charge is 2.11. The van der Waals surface area contributed by atoms with Crippen molar-refractivity contribution in [2.75, 3.05) is 14.1 Å². The summed E-state index contributed by atoms with van der Waals surface area (Å²) >= 11 is 0. The third-order valence-corrected chi connectivity index (χ3v) is 2.66. The number of rotatable bonds is 5. The normalized spacial score (nSPS) is 11.6. The number of aromatic nitrogens is 2. The maximum atomic E-state index is 11.5. The minimum absolute atomic E-state index is 0.0779. The summed E-state index contributed by atoms with van der Waals surface area (Å²) in [5.74, 6) is 0.137. The van der Waals surface area contributed by atoms with Gasteiger partial charge in [0.1, 0.15) is 0 Å². The standard InChI is InChI=1S/C13H24N4O/c1-13(2,3)15-9-11-8-14-10-17(11)7-6-12(18)16(4)5/h8,10,15H,6-7,9H2,1-5H3. The molecule has 0 saturated carbocycles. The van der Waals surface area contributed by atoms with Gasteiger partial charge in [0.25, 0.3) is 0 Å². The molecule has 5 heteroatoms. The van der Waals surface area contributed by atoms with Gasteiger partial charge in [0, 0.05) is 45.3 Å². The van der Waals surface area contributed by atoms with Crippen molar-refractivity contribution in [3.63, 3.8) is 0 Å². The van der Waals surface area contributed by atoms with Crippen molar-refractivity contribution < 1.29 is 4.79 Å². The summed E-state index contributed by atoms with van der Waals surface area (Å²) < 4.78 is 2.03. The Balaban J connectivity index is 2.52. The average molecular weight is 252 g/mol. The molecule has 0 radical (unpaired) electrons. The second-order valence-corrected chi connectivity index (χ2v) is 5.72. The van der Waals surface area contributed by atoms with E-state index in [-0.39, 0.29) is 11.4 Å². The van der Waals surface area contributed by atoms with E-state index >= 15 is 0 Å². The molecule has 18 heavy (non-hydrogen) atoms. The van der Waals surface area contributed by atoms with Gasteiger partial charge in [0.2, 0.25) is 5.91 Å². The highest BCUT2D eigenvalue weighted by atomic mass is 16.2. The predicted molar refractivity (Wildman–Crippen MR) is 72.1 cm³/mol. The van der Waals surface area contributed by atoms with E-state index in [0.717, 1.165) is 12.2 Å². The maximum Gasteiger partial charge on any atom is 0.223 e. The van der Waals surface area contributed by atoms with Crippen molar-refractivity contribution in [1.82, 2.24) is 19.8 Å². The van der Waals surface area contributed by atoms with Crippen LogP contribution in [-0.2, 0) is 17.9 Å². The highest BCUT2D eigenvalue weighted by molar-refractivity contribution is 5.75. The lowest BCUT2D eigenvalue weighted by Crippen LogP contribution is -2.35. The van der Waals surface area contributed by atoms with Gasteiger partial charge < -0.3 is 14.8 Å². The SMILES string of the molecule is CN(C)C(=O)CCn1cncc1CNC(C)(C)C. The van der Waals surface area contributed by atoms with E-state index in [2.05, 4.69) is 31.1 Å². The second kappa shape index (κ2) is 6.00. The monoisotopic (exact) mass is 252 g/mol. The van der Waals surface area contributed by atoms with E-state index in [1.54, 1.807) is 25.3 Å². The fraction of sp³-hybridized carbons (Fsp3) is 0.692. The smallest absolute Gasteiger partial charge is 0.223 e. The molecule has 1 rings (SSSR count). The van der Waals surface area contributed by atoms with Crippen molar-refractivity contribution in [2.24, 2.45) is 0 Å². The fourth-order valence-electron chi connectivity index (χ4n) is 1.49. The molecule has 0 fully saturated rings. The van der Waals surface area contributed by atoms with E-state index in [1.807, 2.05) is 10.8 Å². The third-order valence-electron chi connectivity index (χ3n) is 2.66. The zero-order valence-electron chi connectivity index (χ0n) is 12.0. The van der Waals surface area contributed by atoms with Crippen molar-refractivity contribution in [2.45, 2.75) is 45.8 Å². The van der Waals surface area contributed by atoms with Crippen molar-refractivity contribution in [3.05, 3.63) is 18.2 Å². The van der Waals surface area contributed by atoms with Crippen LogP contribution in [0.15, 0.2) is 12.5 Å². The number of nitrogens with zero attached hydrogens (tertiary/aromatic N) is 3. The number of imidazole rings is 1. The summed E-state index contributed by atoms with van der Waals surface area (Å²) in [6.07, 6.45) is 4.13. The Morgan fingerprint density at radius 3 is 2.67 bits per heavy atom. The molecule has 0 aromatic carbocycles. The molecular formula is C13H24N4O. The molecule has 1 heterocycles. The molecular weight excluding hydrogens is 228 g/mol. The molecule has 0 atom stereocenters. The van der Waals surface area contributed by atoms with Crippen LogP contribution in [0, 0.1) is 0 Å². The van der Waals surface area contributed by atoms with Gasteiger partial charge in [0.05, 0.1) is 12.0 Å². The van der Waals surface area contributed by atoms with E-state index in [0.29, 0.717) is 13.0 Å². The minimum atomic E-state index is 0.0779. The number of amides is 1. The van der Waals surface area contributed by atoms with Gasteiger partial charge in [0.15, 0.2) is 0 Å². The summed E-state index contributed by atoms with van der Waals surface area (Å²) in [4.78, 5) is 17.3. The van der Waals surface area contributed by atoms with Crippen LogP contribution in [0.2, 0.25) is 0 Å². The van der Waals surface area contributed by atoms with Crippen molar-refractivity contribution in [3.8, 4) is 0 Å². The van der Waals surface area contributed by atoms with Gasteiger partial charge in [-0.2, -0.15) is 0 Å². The van der Waals surface area contributed by atoms with E-state index < -0.39 is 0 Å². The topological polar surface area (TPSA) is 50.2 Å². The average Bonchev–Trinajstić information content (AvgIpc) is 2.69. The van der Waals surface area contributed by atoms with E-state index in [9.17, 15) is 4.79 Å². The molecule has 5 nitrogen and oxygen atoms in total. The minimum Gasteiger partial charge on any atom is -0.349 e. The number of carbonyl (C=O) groups is 1. The Kier molecular flexibility index (Phi) is 4.90. The summed E-state index contributed by atoms with van der Waals surface area (Å²) in [6.45, 7) is 7.83. The Morgan fingerprint density at radius 2 is 2.11 bits per heavy atom. The molecule has 0 bridgehead atoms.